The zero-order valence-corrected chi connectivity index (χ0v) is 11.4. The Kier molecular flexibility index (Phi) is 3.19. The molecule has 94 valence electrons. The highest BCUT2D eigenvalue weighted by molar-refractivity contribution is 7.11. The molecule has 1 aromatic rings. The summed E-state index contributed by atoms with van der Waals surface area (Å²) in [4.78, 5) is 8.70. The van der Waals surface area contributed by atoms with Crippen LogP contribution >= 0.6 is 11.3 Å². The Labute approximate surface area is 107 Å². The molecule has 0 aromatic carbocycles. The molecular formula is C13H20N2OS. The maximum Gasteiger partial charge on any atom is 0.107 e. The summed E-state index contributed by atoms with van der Waals surface area (Å²) in [5.74, 6) is 0. The molecule has 1 fully saturated rings. The second-order valence-electron chi connectivity index (χ2n) is 5.33. The molecule has 0 bridgehead atoms. The van der Waals surface area contributed by atoms with E-state index < -0.39 is 0 Å². The second-order valence-corrected chi connectivity index (χ2v) is 6.50. The summed E-state index contributed by atoms with van der Waals surface area (Å²) in [7, 11) is 0. The Morgan fingerprint density at radius 2 is 2.24 bits per heavy atom. The van der Waals surface area contributed by atoms with Crippen LogP contribution in [0, 0.1) is 0 Å². The average molecular weight is 252 g/mol. The van der Waals surface area contributed by atoms with E-state index in [2.05, 4.69) is 18.7 Å². The second kappa shape index (κ2) is 4.67. The summed E-state index contributed by atoms with van der Waals surface area (Å²) in [5, 5.41) is 1.30. The number of nitrogens with zero attached hydrogens (tertiary/aromatic N) is 2. The molecule has 0 amide bonds. The summed E-state index contributed by atoms with van der Waals surface area (Å²) in [5.41, 5.74) is 1.38. The van der Waals surface area contributed by atoms with E-state index in [0.717, 1.165) is 19.6 Å². The molecule has 2 aliphatic rings. The Morgan fingerprint density at radius 1 is 1.41 bits per heavy atom. The fourth-order valence-corrected chi connectivity index (χ4v) is 3.82. The number of hydrogen-bond acceptors (Lipinski definition) is 4. The van der Waals surface area contributed by atoms with Crippen LogP contribution in [0.25, 0.3) is 0 Å². The number of thiazole rings is 1. The molecule has 3 rings (SSSR count). The van der Waals surface area contributed by atoms with Crippen molar-refractivity contribution < 1.29 is 4.74 Å². The third-order valence-corrected chi connectivity index (χ3v) is 4.53. The van der Waals surface area contributed by atoms with Gasteiger partial charge in [-0.25, -0.2) is 4.98 Å². The third-order valence-electron chi connectivity index (χ3n) is 3.39. The molecule has 1 aliphatic heterocycles. The largest absolute Gasteiger partial charge is 0.373 e. The number of hydrogen-bond donors (Lipinski definition) is 0. The molecule has 0 atom stereocenters. The zero-order valence-electron chi connectivity index (χ0n) is 10.6. The van der Waals surface area contributed by atoms with Crippen molar-refractivity contribution in [3.63, 3.8) is 0 Å². The molecule has 1 aromatic heterocycles. The van der Waals surface area contributed by atoms with Gasteiger partial charge in [0.2, 0.25) is 0 Å². The first-order valence-electron chi connectivity index (χ1n) is 6.56. The molecule has 2 heterocycles. The average Bonchev–Trinajstić information content (AvgIpc) is 2.73. The van der Waals surface area contributed by atoms with Gasteiger partial charge in [0.1, 0.15) is 5.01 Å². The van der Waals surface area contributed by atoms with Crippen LogP contribution in [0.15, 0.2) is 0 Å². The number of aromatic nitrogens is 1. The minimum atomic E-state index is 0.353. The first kappa shape index (κ1) is 11.6. The minimum Gasteiger partial charge on any atom is -0.373 e. The number of aryl methyl sites for hydroxylation is 2. The minimum absolute atomic E-state index is 0.353. The summed E-state index contributed by atoms with van der Waals surface area (Å²) in [6.07, 6.45) is 4.56. The van der Waals surface area contributed by atoms with Crippen LogP contribution in [0.5, 0.6) is 0 Å². The van der Waals surface area contributed by atoms with Crippen LogP contribution < -0.4 is 0 Å². The Bertz CT molecular complexity index is 375. The van der Waals surface area contributed by atoms with Gasteiger partial charge in [-0.05, 0) is 33.1 Å². The van der Waals surface area contributed by atoms with Crippen molar-refractivity contribution in [2.75, 3.05) is 13.1 Å². The molecule has 4 heteroatoms. The lowest BCUT2D eigenvalue weighted by molar-refractivity contribution is -0.0833. The van der Waals surface area contributed by atoms with E-state index in [9.17, 15) is 0 Å². The molecule has 17 heavy (non-hydrogen) atoms. The molecule has 1 saturated heterocycles. The molecular weight excluding hydrogens is 232 g/mol. The van der Waals surface area contributed by atoms with Gasteiger partial charge in [-0.1, -0.05) is 0 Å². The van der Waals surface area contributed by atoms with E-state index in [1.807, 2.05) is 11.3 Å². The van der Waals surface area contributed by atoms with Gasteiger partial charge < -0.3 is 4.74 Å². The smallest absolute Gasteiger partial charge is 0.107 e. The lowest BCUT2D eigenvalue weighted by Gasteiger charge is -2.39. The van der Waals surface area contributed by atoms with Gasteiger partial charge in [-0.3, -0.25) is 4.90 Å². The molecule has 3 nitrogen and oxygen atoms in total. The Hall–Kier alpha value is -0.450. The van der Waals surface area contributed by atoms with Gasteiger partial charge in [0.15, 0.2) is 0 Å². The number of likely N-dealkylation sites (tertiary alicyclic amines) is 1. The molecule has 0 unspecified atom stereocenters. The van der Waals surface area contributed by atoms with Crippen molar-refractivity contribution in [1.29, 1.82) is 0 Å². The van der Waals surface area contributed by atoms with Crippen LogP contribution in [-0.2, 0) is 24.1 Å². The summed E-state index contributed by atoms with van der Waals surface area (Å²) in [6, 6.07) is 0. The van der Waals surface area contributed by atoms with Crippen molar-refractivity contribution in [2.45, 2.75) is 51.9 Å². The number of fused-ring (bicyclic) bond motifs is 1. The van der Waals surface area contributed by atoms with Gasteiger partial charge in [-0.2, -0.15) is 0 Å². The highest BCUT2D eigenvalue weighted by atomic mass is 32.1. The van der Waals surface area contributed by atoms with Gasteiger partial charge in [0.05, 0.1) is 24.4 Å². The van der Waals surface area contributed by atoms with E-state index >= 15 is 0 Å². The van der Waals surface area contributed by atoms with Crippen molar-refractivity contribution in [3.8, 4) is 0 Å². The molecule has 1 aliphatic carbocycles. The molecule has 0 radical (unpaired) electrons. The molecule has 0 saturated carbocycles. The third kappa shape index (κ3) is 2.54. The SMILES string of the molecule is CC(C)OC1CN(Cc2nc3c(s2)CCC3)C1. The lowest BCUT2D eigenvalue weighted by atomic mass is 10.1. The van der Waals surface area contributed by atoms with Crippen LogP contribution in [0.2, 0.25) is 0 Å². The maximum absolute atomic E-state index is 5.76. The first-order chi connectivity index (χ1) is 8.20. The Morgan fingerprint density at radius 3 is 2.94 bits per heavy atom. The maximum atomic E-state index is 5.76. The van der Waals surface area contributed by atoms with E-state index in [4.69, 9.17) is 9.72 Å². The predicted molar refractivity (Wildman–Crippen MR) is 69.4 cm³/mol. The monoisotopic (exact) mass is 252 g/mol. The Balaban J connectivity index is 1.49. The summed E-state index contributed by atoms with van der Waals surface area (Å²) >= 11 is 1.92. The van der Waals surface area contributed by atoms with Gasteiger partial charge >= 0.3 is 0 Å². The summed E-state index contributed by atoms with van der Waals surface area (Å²) in [6.45, 7) is 7.38. The number of rotatable bonds is 4. The van der Waals surface area contributed by atoms with Crippen molar-refractivity contribution >= 4 is 11.3 Å². The molecule has 0 N–H and O–H groups in total. The fourth-order valence-electron chi connectivity index (χ4n) is 2.63. The topological polar surface area (TPSA) is 25.4 Å². The fraction of sp³-hybridized carbons (Fsp3) is 0.769. The van der Waals surface area contributed by atoms with Crippen LogP contribution in [0.4, 0.5) is 0 Å². The zero-order chi connectivity index (χ0) is 11.8. The predicted octanol–water partition coefficient (Wildman–Crippen LogP) is 2.24. The highest BCUT2D eigenvalue weighted by Crippen LogP contribution is 2.29. The summed E-state index contributed by atoms with van der Waals surface area (Å²) < 4.78 is 5.76. The quantitative estimate of drug-likeness (QED) is 0.822. The van der Waals surface area contributed by atoms with E-state index in [-0.39, 0.29) is 0 Å². The van der Waals surface area contributed by atoms with Crippen LogP contribution in [0.1, 0.15) is 35.8 Å². The number of ether oxygens (including phenoxy) is 1. The standard InChI is InChI=1S/C13H20N2OS/c1-9(2)16-10-6-15(7-10)8-13-14-11-4-3-5-12(11)17-13/h9-10H,3-8H2,1-2H3. The first-order valence-corrected chi connectivity index (χ1v) is 7.37. The van der Waals surface area contributed by atoms with E-state index in [0.29, 0.717) is 12.2 Å². The van der Waals surface area contributed by atoms with E-state index in [1.165, 1.54) is 34.8 Å². The van der Waals surface area contributed by atoms with Crippen LogP contribution in [-0.4, -0.2) is 35.2 Å². The van der Waals surface area contributed by atoms with Gasteiger partial charge in [0.25, 0.3) is 0 Å². The van der Waals surface area contributed by atoms with Crippen molar-refractivity contribution in [2.24, 2.45) is 0 Å². The van der Waals surface area contributed by atoms with Gasteiger partial charge in [0, 0.05) is 18.0 Å². The van der Waals surface area contributed by atoms with Crippen LogP contribution in [0.3, 0.4) is 0 Å². The van der Waals surface area contributed by atoms with Crippen molar-refractivity contribution in [1.82, 2.24) is 9.88 Å². The van der Waals surface area contributed by atoms with Gasteiger partial charge in [-0.15, -0.1) is 11.3 Å². The highest BCUT2D eigenvalue weighted by Gasteiger charge is 2.29. The van der Waals surface area contributed by atoms with Crippen molar-refractivity contribution in [3.05, 3.63) is 15.6 Å². The normalized spacial score (nSPS) is 20.9. The van der Waals surface area contributed by atoms with E-state index in [1.54, 1.807) is 0 Å². The lowest BCUT2D eigenvalue weighted by Crippen LogP contribution is -2.52. The molecule has 0 spiro atoms.